The number of ether oxygens (including phenoxy) is 1. The Hall–Kier alpha value is -4.33. The normalized spacial score (nSPS) is 10.1. The fourth-order valence-corrected chi connectivity index (χ4v) is 2.90. The largest absolute Gasteiger partial charge is 0.438 e. The number of carbonyl (C=O) groups excluding carboxylic acids is 1. The molecule has 4 rings (SSSR count). The number of aromatic nitrogens is 3. The van der Waals surface area contributed by atoms with Gasteiger partial charge in [-0.1, -0.05) is 29.8 Å². The molecule has 0 unspecified atom stereocenters. The quantitative estimate of drug-likeness (QED) is 0.269. The summed E-state index contributed by atoms with van der Waals surface area (Å²) in [6.45, 7) is 2.01. The van der Waals surface area contributed by atoms with Crippen molar-refractivity contribution in [1.29, 1.82) is 10.8 Å². The van der Waals surface area contributed by atoms with E-state index in [1.165, 1.54) is 4.68 Å². The third kappa shape index (κ3) is 5.60. The van der Waals surface area contributed by atoms with Gasteiger partial charge in [0.15, 0.2) is 0 Å². The van der Waals surface area contributed by atoms with Crippen molar-refractivity contribution < 1.29 is 9.53 Å². The molecule has 0 bridgehead atoms. The molecular formula is C23H22N6O2. The molecule has 156 valence electrons. The first kappa shape index (κ1) is 21.4. The van der Waals surface area contributed by atoms with Crippen molar-refractivity contribution in [3.63, 3.8) is 0 Å². The second kappa shape index (κ2) is 9.93. The average Bonchev–Trinajstić information content (AvgIpc) is 2.77. The number of nitrogens with zero attached hydrogens (tertiary/aromatic N) is 3. The number of primary amides is 1. The van der Waals surface area contributed by atoms with E-state index in [9.17, 15) is 0 Å². The van der Waals surface area contributed by atoms with Gasteiger partial charge in [-0.15, -0.1) is 5.10 Å². The number of fused-ring (bicyclic) bond motifs is 1. The number of pyridine rings is 1. The van der Waals surface area contributed by atoms with Gasteiger partial charge in [0, 0.05) is 24.1 Å². The molecule has 0 spiro atoms. The van der Waals surface area contributed by atoms with Crippen LogP contribution in [0.4, 0.5) is 0 Å². The number of amides is 1. The number of hydrogen-bond donors (Lipinski definition) is 3. The zero-order valence-corrected chi connectivity index (χ0v) is 16.9. The standard InChI is InChI=1S/C22H19N5O.CH3NO/c1-15-4-7-18(8-5-15)28-22-11-10-20(23)27(26-22)21(24)14-16-6-9-19-17(13-16)3-2-12-25-19;2-1-3/h2-13,23-24H,14H2,1H3;1H,(H2,2,3). The van der Waals surface area contributed by atoms with Crippen LogP contribution in [0.15, 0.2) is 72.9 Å². The molecule has 1 amide bonds. The first-order valence-electron chi connectivity index (χ1n) is 9.46. The smallest absolute Gasteiger partial charge is 0.237 e. The number of carbonyl (C=O) groups is 1. The Balaban J connectivity index is 0.000000858. The van der Waals surface area contributed by atoms with E-state index < -0.39 is 0 Å². The van der Waals surface area contributed by atoms with Crippen molar-refractivity contribution in [2.75, 3.05) is 0 Å². The van der Waals surface area contributed by atoms with Crippen LogP contribution in [0.25, 0.3) is 10.9 Å². The van der Waals surface area contributed by atoms with E-state index in [4.69, 9.17) is 20.3 Å². The predicted octanol–water partition coefficient (Wildman–Crippen LogP) is 3.18. The van der Waals surface area contributed by atoms with Gasteiger partial charge in [0.25, 0.3) is 0 Å². The highest BCUT2D eigenvalue weighted by Gasteiger charge is 2.08. The Bertz CT molecular complexity index is 1270. The number of nitrogens with one attached hydrogen (secondary N) is 2. The maximum atomic E-state index is 8.58. The van der Waals surface area contributed by atoms with Crippen molar-refractivity contribution in [1.82, 2.24) is 14.8 Å². The van der Waals surface area contributed by atoms with Gasteiger partial charge >= 0.3 is 0 Å². The van der Waals surface area contributed by atoms with Crippen molar-refractivity contribution in [3.8, 4) is 11.6 Å². The van der Waals surface area contributed by atoms with E-state index in [1.807, 2.05) is 61.5 Å². The third-order valence-electron chi connectivity index (χ3n) is 4.35. The summed E-state index contributed by atoms with van der Waals surface area (Å²) >= 11 is 0. The molecule has 8 heteroatoms. The van der Waals surface area contributed by atoms with E-state index in [2.05, 4.69) is 15.8 Å². The Labute approximate surface area is 179 Å². The molecule has 2 aromatic carbocycles. The summed E-state index contributed by atoms with van der Waals surface area (Å²) in [4.78, 5) is 12.9. The second-order valence-electron chi connectivity index (χ2n) is 6.67. The fraction of sp³-hybridized carbons (Fsp3) is 0.0870. The van der Waals surface area contributed by atoms with Crippen LogP contribution >= 0.6 is 0 Å². The van der Waals surface area contributed by atoms with Crippen LogP contribution in [0.2, 0.25) is 0 Å². The molecule has 2 heterocycles. The number of hydrogen-bond acceptors (Lipinski definition) is 6. The Morgan fingerprint density at radius 3 is 2.61 bits per heavy atom. The highest BCUT2D eigenvalue weighted by atomic mass is 16.5. The molecule has 0 aliphatic rings. The zero-order chi connectivity index (χ0) is 22.2. The summed E-state index contributed by atoms with van der Waals surface area (Å²) in [6.07, 6.45) is 2.36. The summed E-state index contributed by atoms with van der Waals surface area (Å²) in [5.41, 5.74) is 7.32. The summed E-state index contributed by atoms with van der Waals surface area (Å²) in [7, 11) is 0. The Morgan fingerprint density at radius 1 is 1.13 bits per heavy atom. The molecule has 0 aliphatic carbocycles. The SMILES string of the molecule is Cc1ccc(Oc2ccc(=N)n(C(=N)Cc3ccc4ncccc4c3)n2)cc1.NC=O. The minimum absolute atomic E-state index is 0.128. The molecule has 8 nitrogen and oxygen atoms in total. The van der Waals surface area contributed by atoms with E-state index >= 15 is 0 Å². The number of benzene rings is 2. The van der Waals surface area contributed by atoms with Gasteiger partial charge < -0.3 is 10.5 Å². The van der Waals surface area contributed by atoms with Crippen molar-refractivity contribution >= 4 is 23.1 Å². The van der Waals surface area contributed by atoms with Gasteiger partial charge in [0.05, 0.1) is 5.52 Å². The van der Waals surface area contributed by atoms with Crippen LogP contribution in [-0.2, 0) is 11.2 Å². The maximum Gasteiger partial charge on any atom is 0.237 e. The molecule has 0 fully saturated rings. The molecule has 0 radical (unpaired) electrons. The van der Waals surface area contributed by atoms with Crippen LogP contribution < -0.4 is 16.0 Å². The number of nitrogens with two attached hydrogens (primary N) is 1. The topological polar surface area (TPSA) is 131 Å². The van der Waals surface area contributed by atoms with E-state index in [0.717, 1.165) is 22.0 Å². The van der Waals surface area contributed by atoms with Crippen LogP contribution in [0.5, 0.6) is 11.6 Å². The van der Waals surface area contributed by atoms with E-state index in [-0.39, 0.29) is 17.7 Å². The third-order valence-corrected chi connectivity index (χ3v) is 4.35. The Kier molecular flexibility index (Phi) is 6.85. The number of aryl methyl sites for hydroxylation is 1. The monoisotopic (exact) mass is 414 g/mol. The second-order valence-corrected chi connectivity index (χ2v) is 6.67. The summed E-state index contributed by atoms with van der Waals surface area (Å²) in [6, 6.07) is 20.6. The van der Waals surface area contributed by atoms with Gasteiger partial charge in [-0.2, -0.15) is 4.68 Å². The highest BCUT2D eigenvalue weighted by molar-refractivity contribution is 5.85. The Morgan fingerprint density at radius 2 is 1.87 bits per heavy atom. The fourth-order valence-electron chi connectivity index (χ4n) is 2.90. The molecule has 0 atom stereocenters. The lowest BCUT2D eigenvalue weighted by molar-refractivity contribution is -0.106. The maximum absolute atomic E-state index is 8.58. The summed E-state index contributed by atoms with van der Waals surface area (Å²) in [5.74, 6) is 1.20. The molecule has 0 saturated carbocycles. The lowest BCUT2D eigenvalue weighted by Gasteiger charge is -2.11. The first-order chi connectivity index (χ1) is 15.0. The molecule has 4 N–H and O–H groups in total. The highest BCUT2D eigenvalue weighted by Crippen LogP contribution is 2.19. The first-order valence-corrected chi connectivity index (χ1v) is 9.46. The number of rotatable bonds is 4. The van der Waals surface area contributed by atoms with Gasteiger partial charge in [-0.25, -0.2) is 0 Å². The van der Waals surface area contributed by atoms with Gasteiger partial charge in [-0.3, -0.25) is 20.6 Å². The zero-order valence-electron chi connectivity index (χ0n) is 16.9. The van der Waals surface area contributed by atoms with Crippen molar-refractivity contribution in [3.05, 3.63) is 89.5 Å². The lowest BCUT2D eigenvalue weighted by atomic mass is 10.1. The molecule has 2 aromatic heterocycles. The average molecular weight is 414 g/mol. The van der Waals surface area contributed by atoms with E-state index in [0.29, 0.717) is 18.1 Å². The summed E-state index contributed by atoms with van der Waals surface area (Å²) < 4.78 is 7.06. The lowest BCUT2D eigenvalue weighted by Crippen LogP contribution is -2.30. The van der Waals surface area contributed by atoms with Gasteiger partial charge in [0.1, 0.15) is 17.1 Å². The molecule has 0 aliphatic heterocycles. The van der Waals surface area contributed by atoms with Crippen LogP contribution in [-0.4, -0.2) is 27.0 Å². The van der Waals surface area contributed by atoms with Gasteiger partial charge in [-0.05, 0) is 48.9 Å². The van der Waals surface area contributed by atoms with Crippen molar-refractivity contribution in [2.24, 2.45) is 5.73 Å². The molecule has 0 saturated heterocycles. The van der Waals surface area contributed by atoms with Crippen molar-refractivity contribution in [2.45, 2.75) is 13.3 Å². The van der Waals surface area contributed by atoms with E-state index in [1.54, 1.807) is 18.3 Å². The predicted molar refractivity (Wildman–Crippen MR) is 118 cm³/mol. The van der Waals surface area contributed by atoms with Crippen LogP contribution in [0.1, 0.15) is 11.1 Å². The summed E-state index contributed by atoms with van der Waals surface area (Å²) in [5, 5.41) is 21.9. The molecule has 4 aromatic rings. The molecule has 31 heavy (non-hydrogen) atoms. The van der Waals surface area contributed by atoms with Crippen LogP contribution in [0, 0.1) is 17.7 Å². The minimum Gasteiger partial charge on any atom is -0.438 e. The van der Waals surface area contributed by atoms with Gasteiger partial charge in [0.2, 0.25) is 12.3 Å². The van der Waals surface area contributed by atoms with Crippen LogP contribution in [0.3, 0.4) is 0 Å². The molecular weight excluding hydrogens is 392 g/mol. The minimum atomic E-state index is 0.128.